The molecule has 0 fully saturated rings. The zero-order valence-electron chi connectivity index (χ0n) is 14.2. The Labute approximate surface area is 155 Å². The van der Waals surface area contributed by atoms with E-state index in [1.54, 1.807) is 19.2 Å². The Bertz CT molecular complexity index is 935. The molecule has 0 radical (unpaired) electrons. The standard InChI is InChI=1S/C20H18N2O3S/c1-25-16-10-6-5-9-14(16)11-18(23)22-20-15(19(21)24)12-17(26-20)13-7-3-2-4-8-13/h2-10,12H,11H2,1H3,(H2,21,24)(H,22,23). The fourth-order valence-electron chi connectivity index (χ4n) is 2.60. The van der Waals surface area contributed by atoms with Crippen molar-refractivity contribution in [1.29, 1.82) is 0 Å². The maximum Gasteiger partial charge on any atom is 0.251 e. The van der Waals surface area contributed by atoms with Crippen LogP contribution in [0.3, 0.4) is 0 Å². The minimum Gasteiger partial charge on any atom is -0.496 e. The van der Waals surface area contributed by atoms with Crippen LogP contribution in [-0.2, 0) is 11.2 Å². The number of methoxy groups -OCH3 is 1. The summed E-state index contributed by atoms with van der Waals surface area (Å²) >= 11 is 1.33. The number of primary amides is 1. The SMILES string of the molecule is COc1ccccc1CC(=O)Nc1sc(-c2ccccc2)cc1C(N)=O. The lowest BCUT2D eigenvalue weighted by atomic mass is 10.1. The molecule has 0 aliphatic carbocycles. The largest absolute Gasteiger partial charge is 0.496 e. The Morgan fingerprint density at radius 2 is 1.77 bits per heavy atom. The van der Waals surface area contributed by atoms with Crippen molar-refractivity contribution in [3.63, 3.8) is 0 Å². The lowest BCUT2D eigenvalue weighted by Crippen LogP contribution is -2.18. The molecular formula is C20H18N2O3S. The first-order valence-corrected chi connectivity index (χ1v) is 8.81. The number of hydrogen-bond donors (Lipinski definition) is 2. The monoisotopic (exact) mass is 366 g/mol. The van der Waals surface area contributed by atoms with Gasteiger partial charge in [0, 0.05) is 10.4 Å². The van der Waals surface area contributed by atoms with Gasteiger partial charge in [-0.3, -0.25) is 9.59 Å². The molecule has 0 saturated heterocycles. The molecule has 6 heteroatoms. The van der Waals surface area contributed by atoms with E-state index in [9.17, 15) is 9.59 Å². The predicted octanol–water partition coefficient (Wildman–Crippen LogP) is 3.70. The average molecular weight is 366 g/mol. The van der Waals surface area contributed by atoms with Gasteiger partial charge in [0.05, 0.1) is 19.1 Å². The molecule has 0 aliphatic heterocycles. The summed E-state index contributed by atoms with van der Waals surface area (Å²) in [5.74, 6) is -0.164. The van der Waals surface area contributed by atoms with Crippen LogP contribution >= 0.6 is 11.3 Å². The van der Waals surface area contributed by atoms with Crippen LogP contribution in [0, 0.1) is 0 Å². The van der Waals surface area contributed by atoms with Gasteiger partial charge in [0.15, 0.2) is 0 Å². The number of nitrogens with two attached hydrogens (primary N) is 1. The lowest BCUT2D eigenvalue weighted by Gasteiger charge is -2.08. The highest BCUT2D eigenvalue weighted by atomic mass is 32.1. The molecule has 0 aliphatic rings. The molecule has 3 aromatic rings. The van der Waals surface area contributed by atoms with Gasteiger partial charge in [-0.05, 0) is 17.7 Å². The number of benzene rings is 2. The summed E-state index contributed by atoms with van der Waals surface area (Å²) in [6.45, 7) is 0. The van der Waals surface area contributed by atoms with E-state index < -0.39 is 5.91 Å². The van der Waals surface area contributed by atoms with Crippen LogP contribution in [0.15, 0.2) is 60.7 Å². The molecule has 3 rings (SSSR count). The fourth-order valence-corrected chi connectivity index (χ4v) is 3.69. The number of para-hydroxylation sites is 1. The first kappa shape index (κ1) is 17.7. The second-order valence-corrected chi connectivity index (χ2v) is 6.67. The van der Waals surface area contributed by atoms with Gasteiger partial charge in [0.1, 0.15) is 10.8 Å². The summed E-state index contributed by atoms with van der Waals surface area (Å²) in [6, 6.07) is 18.7. The highest BCUT2D eigenvalue weighted by Gasteiger charge is 2.17. The molecule has 0 bridgehead atoms. The van der Waals surface area contributed by atoms with Crippen molar-refractivity contribution in [2.24, 2.45) is 5.73 Å². The van der Waals surface area contributed by atoms with Crippen LogP contribution in [0.4, 0.5) is 5.00 Å². The topological polar surface area (TPSA) is 81.4 Å². The number of hydrogen-bond acceptors (Lipinski definition) is 4. The molecule has 0 atom stereocenters. The zero-order chi connectivity index (χ0) is 18.5. The number of amides is 2. The number of nitrogens with one attached hydrogen (secondary N) is 1. The van der Waals surface area contributed by atoms with Gasteiger partial charge < -0.3 is 15.8 Å². The van der Waals surface area contributed by atoms with Crippen molar-refractivity contribution >= 4 is 28.2 Å². The molecule has 2 amide bonds. The van der Waals surface area contributed by atoms with E-state index in [0.717, 1.165) is 16.0 Å². The quantitative estimate of drug-likeness (QED) is 0.698. The van der Waals surface area contributed by atoms with Crippen molar-refractivity contribution in [2.75, 3.05) is 12.4 Å². The number of anilines is 1. The third-order valence-electron chi connectivity index (χ3n) is 3.85. The Morgan fingerprint density at radius 1 is 1.08 bits per heavy atom. The molecule has 0 spiro atoms. The Balaban J connectivity index is 1.83. The van der Waals surface area contributed by atoms with Gasteiger partial charge >= 0.3 is 0 Å². The van der Waals surface area contributed by atoms with E-state index in [-0.39, 0.29) is 12.3 Å². The van der Waals surface area contributed by atoms with Crippen molar-refractivity contribution in [3.05, 3.63) is 71.8 Å². The van der Waals surface area contributed by atoms with Crippen LogP contribution in [0.2, 0.25) is 0 Å². The highest BCUT2D eigenvalue weighted by Crippen LogP contribution is 2.35. The van der Waals surface area contributed by atoms with E-state index in [1.807, 2.05) is 48.5 Å². The van der Waals surface area contributed by atoms with Crippen LogP contribution < -0.4 is 15.8 Å². The van der Waals surface area contributed by atoms with Gasteiger partial charge in [-0.1, -0.05) is 48.5 Å². The van der Waals surface area contributed by atoms with E-state index in [4.69, 9.17) is 10.5 Å². The molecule has 1 heterocycles. The van der Waals surface area contributed by atoms with Gasteiger partial charge in [0.2, 0.25) is 5.91 Å². The second-order valence-electron chi connectivity index (χ2n) is 5.62. The highest BCUT2D eigenvalue weighted by molar-refractivity contribution is 7.20. The summed E-state index contributed by atoms with van der Waals surface area (Å²) in [7, 11) is 1.56. The molecular weight excluding hydrogens is 348 g/mol. The van der Waals surface area contributed by atoms with Crippen LogP contribution in [0.25, 0.3) is 10.4 Å². The molecule has 1 aromatic heterocycles. The van der Waals surface area contributed by atoms with Crippen LogP contribution in [-0.4, -0.2) is 18.9 Å². The molecule has 3 N–H and O–H groups in total. The summed E-state index contributed by atoms with van der Waals surface area (Å²) in [5.41, 5.74) is 7.52. The zero-order valence-corrected chi connectivity index (χ0v) is 15.0. The van der Waals surface area contributed by atoms with E-state index in [2.05, 4.69) is 5.32 Å². The smallest absolute Gasteiger partial charge is 0.251 e. The molecule has 2 aromatic carbocycles. The van der Waals surface area contributed by atoms with Gasteiger partial charge in [-0.2, -0.15) is 0 Å². The van der Waals surface area contributed by atoms with Gasteiger partial charge in [-0.25, -0.2) is 0 Å². The maximum absolute atomic E-state index is 12.5. The van der Waals surface area contributed by atoms with Crippen LogP contribution in [0.1, 0.15) is 15.9 Å². The first-order valence-electron chi connectivity index (χ1n) is 7.99. The molecule has 0 unspecified atom stereocenters. The summed E-state index contributed by atoms with van der Waals surface area (Å²) in [5, 5.41) is 3.26. The molecule has 132 valence electrons. The lowest BCUT2D eigenvalue weighted by molar-refractivity contribution is -0.115. The Kier molecular flexibility index (Phi) is 5.34. The first-order chi connectivity index (χ1) is 12.6. The normalized spacial score (nSPS) is 10.3. The molecule has 0 saturated carbocycles. The van der Waals surface area contributed by atoms with E-state index in [0.29, 0.717) is 16.3 Å². The maximum atomic E-state index is 12.5. The van der Waals surface area contributed by atoms with Crippen LogP contribution in [0.5, 0.6) is 5.75 Å². The minimum atomic E-state index is -0.573. The van der Waals surface area contributed by atoms with E-state index in [1.165, 1.54) is 11.3 Å². The minimum absolute atomic E-state index is 0.140. The van der Waals surface area contributed by atoms with Crippen molar-refractivity contribution in [1.82, 2.24) is 0 Å². The summed E-state index contributed by atoms with van der Waals surface area (Å²) in [4.78, 5) is 25.1. The number of carbonyl (C=O) groups excluding carboxylic acids is 2. The summed E-state index contributed by atoms with van der Waals surface area (Å²) < 4.78 is 5.27. The Morgan fingerprint density at radius 3 is 2.46 bits per heavy atom. The third kappa shape index (κ3) is 3.92. The van der Waals surface area contributed by atoms with E-state index >= 15 is 0 Å². The predicted molar refractivity (Wildman–Crippen MR) is 104 cm³/mol. The van der Waals surface area contributed by atoms with Crippen molar-refractivity contribution < 1.29 is 14.3 Å². The number of rotatable bonds is 6. The molecule has 5 nitrogen and oxygen atoms in total. The van der Waals surface area contributed by atoms with Gasteiger partial charge in [0.25, 0.3) is 5.91 Å². The Hall–Kier alpha value is -3.12. The third-order valence-corrected chi connectivity index (χ3v) is 4.95. The second kappa shape index (κ2) is 7.84. The van der Waals surface area contributed by atoms with Crippen molar-refractivity contribution in [3.8, 4) is 16.2 Å². The summed E-state index contributed by atoms with van der Waals surface area (Å²) in [6.07, 6.45) is 0.140. The van der Waals surface area contributed by atoms with Crippen molar-refractivity contribution in [2.45, 2.75) is 6.42 Å². The average Bonchev–Trinajstić information content (AvgIpc) is 3.07. The number of thiophene rings is 1. The fraction of sp³-hybridized carbons (Fsp3) is 0.100. The number of carbonyl (C=O) groups is 2. The van der Waals surface area contributed by atoms with Gasteiger partial charge in [-0.15, -0.1) is 11.3 Å². The number of ether oxygens (including phenoxy) is 1. The molecule has 26 heavy (non-hydrogen) atoms.